The Morgan fingerprint density at radius 2 is 2.04 bits per heavy atom. The van der Waals surface area contributed by atoms with Gasteiger partial charge in [-0.15, -0.1) is 13.2 Å². The first kappa shape index (κ1) is 18.2. The van der Waals surface area contributed by atoms with Crippen molar-refractivity contribution in [3.63, 3.8) is 0 Å². The van der Waals surface area contributed by atoms with E-state index in [4.69, 9.17) is 4.42 Å². The Labute approximate surface area is 140 Å². The Balaban J connectivity index is 1.87. The molecule has 9 heteroatoms. The smallest absolute Gasteiger partial charge is 0.437 e. The first-order chi connectivity index (χ1) is 11.2. The van der Waals surface area contributed by atoms with Crippen molar-refractivity contribution in [3.8, 4) is 5.75 Å². The monoisotopic (exact) mass is 360 g/mol. The molecule has 0 atom stereocenters. The van der Waals surface area contributed by atoms with Crippen molar-refractivity contribution in [1.82, 2.24) is 10.3 Å². The molecule has 1 amide bonds. The number of benzene rings is 1. The number of hydrogen-bond acceptors (Lipinski definition) is 5. The molecule has 0 unspecified atom stereocenters. The molecule has 5 nitrogen and oxygen atoms in total. The van der Waals surface area contributed by atoms with Crippen LogP contribution >= 0.6 is 11.8 Å². The largest absolute Gasteiger partial charge is 0.573 e. The molecule has 1 N–H and O–H groups in total. The molecule has 1 heterocycles. The van der Waals surface area contributed by atoms with Crippen molar-refractivity contribution in [2.75, 3.05) is 5.75 Å². The Hall–Kier alpha value is -2.16. The molecule has 1 aromatic carbocycles. The van der Waals surface area contributed by atoms with E-state index in [0.29, 0.717) is 11.0 Å². The molecule has 0 fully saturated rings. The van der Waals surface area contributed by atoms with Crippen LogP contribution in [-0.4, -0.2) is 23.0 Å². The third-order valence-corrected chi connectivity index (χ3v) is 3.84. The van der Waals surface area contributed by atoms with E-state index in [1.165, 1.54) is 18.2 Å². The van der Waals surface area contributed by atoms with Crippen molar-refractivity contribution in [1.29, 1.82) is 0 Å². The summed E-state index contributed by atoms with van der Waals surface area (Å²) >= 11 is 1.11. The number of nitrogens with one attached hydrogen (secondary N) is 1. The average Bonchev–Trinajstić information content (AvgIpc) is 2.81. The summed E-state index contributed by atoms with van der Waals surface area (Å²) in [5, 5.41) is 2.92. The molecule has 0 aliphatic heterocycles. The SMILES string of the molecule is Cc1nc(SCC(=O)NCc2ccccc2OC(F)(F)F)oc1C. The average molecular weight is 360 g/mol. The molecule has 0 aliphatic rings. The number of thioether (sulfide) groups is 1. The van der Waals surface area contributed by atoms with E-state index in [-0.39, 0.29) is 29.5 Å². The maximum absolute atomic E-state index is 12.3. The number of amides is 1. The number of para-hydroxylation sites is 1. The summed E-state index contributed by atoms with van der Waals surface area (Å²) in [7, 11) is 0. The van der Waals surface area contributed by atoms with Gasteiger partial charge in [-0.3, -0.25) is 4.79 Å². The Morgan fingerprint density at radius 1 is 1.33 bits per heavy atom. The second-order valence-electron chi connectivity index (χ2n) is 4.84. The predicted octanol–water partition coefficient (Wildman–Crippen LogP) is 3.60. The third-order valence-electron chi connectivity index (χ3n) is 3.01. The fraction of sp³-hybridized carbons (Fsp3) is 0.333. The summed E-state index contributed by atoms with van der Waals surface area (Å²) in [5.74, 6) is 0.0326. The molecule has 2 aromatic rings. The Kier molecular flexibility index (Phi) is 5.76. The lowest BCUT2D eigenvalue weighted by Crippen LogP contribution is -2.25. The van der Waals surface area contributed by atoms with Gasteiger partial charge in [0.1, 0.15) is 11.5 Å². The number of aromatic nitrogens is 1. The zero-order valence-electron chi connectivity index (χ0n) is 12.9. The lowest BCUT2D eigenvalue weighted by molar-refractivity contribution is -0.274. The van der Waals surface area contributed by atoms with Crippen LogP contribution in [0.2, 0.25) is 0 Å². The van der Waals surface area contributed by atoms with E-state index in [9.17, 15) is 18.0 Å². The van der Waals surface area contributed by atoms with Crippen LogP contribution in [0.5, 0.6) is 5.75 Å². The van der Waals surface area contributed by atoms with Gasteiger partial charge in [-0.25, -0.2) is 4.98 Å². The second-order valence-corrected chi connectivity index (χ2v) is 5.77. The van der Waals surface area contributed by atoms with E-state index < -0.39 is 6.36 Å². The van der Waals surface area contributed by atoms with E-state index in [2.05, 4.69) is 15.0 Å². The number of carbonyl (C=O) groups is 1. The van der Waals surface area contributed by atoms with Crippen LogP contribution in [-0.2, 0) is 11.3 Å². The molecule has 0 aliphatic carbocycles. The molecule has 0 saturated heterocycles. The zero-order chi connectivity index (χ0) is 17.7. The predicted molar refractivity (Wildman–Crippen MR) is 81.7 cm³/mol. The van der Waals surface area contributed by atoms with Gasteiger partial charge < -0.3 is 14.5 Å². The summed E-state index contributed by atoms with van der Waals surface area (Å²) in [6.07, 6.45) is -4.78. The number of nitrogens with zero attached hydrogens (tertiary/aromatic N) is 1. The van der Waals surface area contributed by atoms with Gasteiger partial charge in [-0.05, 0) is 19.9 Å². The number of halogens is 3. The van der Waals surface area contributed by atoms with Crippen molar-refractivity contribution < 1.29 is 27.1 Å². The van der Waals surface area contributed by atoms with Gasteiger partial charge in [-0.2, -0.15) is 0 Å². The molecule has 0 spiro atoms. The van der Waals surface area contributed by atoms with Crippen LogP contribution in [0, 0.1) is 13.8 Å². The minimum absolute atomic E-state index is 0.0433. The van der Waals surface area contributed by atoms with E-state index in [1.807, 2.05) is 0 Å². The van der Waals surface area contributed by atoms with Gasteiger partial charge in [0, 0.05) is 12.1 Å². The minimum Gasteiger partial charge on any atom is -0.437 e. The van der Waals surface area contributed by atoms with Crippen molar-refractivity contribution in [2.45, 2.75) is 32.0 Å². The molecule has 0 saturated carbocycles. The molecule has 1 aromatic heterocycles. The summed E-state index contributed by atoms with van der Waals surface area (Å²) in [4.78, 5) is 15.9. The summed E-state index contributed by atoms with van der Waals surface area (Å²) in [5.41, 5.74) is 0.979. The molecule has 130 valence electrons. The lowest BCUT2D eigenvalue weighted by atomic mass is 10.2. The number of oxazole rings is 1. The van der Waals surface area contributed by atoms with Gasteiger partial charge in [0.2, 0.25) is 5.91 Å². The highest BCUT2D eigenvalue weighted by molar-refractivity contribution is 7.99. The highest BCUT2D eigenvalue weighted by Gasteiger charge is 2.31. The topological polar surface area (TPSA) is 64.4 Å². The van der Waals surface area contributed by atoms with Crippen LogP contribution in [0.25, 0.3) is 0 Å². The van der Waals surface area contributed by atoms with E-state index >= 15 is 0 Å². The van der Waals surface area contributed by atoms with Crippen molar-refractivity contribution >= 4 is 17.7 Å². The number of alkyl halides is 3. The number of carbonyl (C=O) groups excluding carboxylic acids is 1. The number of rotatable bonds is 6. The Morgan fingerprint density at radius 3 is 2.67 bits per heavy atom. The summed E-state index contributed by atoms with van der Waals surface area (Å²) in [6, 6.07) is 5.64. The zero-order valence-corrected chi connectivity index (χ0v) is 13.8. The van der Waals surface area contributed by atoms with Crippen LogP contribution in [0.15, 0.2) is 33.9 Å². The third kappa shape index (κ3) is 5.48. The minimum atomic E-state index is -4.78. The molecule has 24 heavy (non-hydrogen) atoms. The maximum Gasteiger partial charge on any atom is 0.573 e. The van der Waals surface area contributed by atoms with Crippen LogP contribution in [0.1, 0.15) is 17.0 Å². The maximum atomic E-state index is 12.3. The second kappa shape index (κ2) is 7.61. The number of ether oxygens (including phenoxy) is 1. The van der Waals surface area contributed by atoms with Crippen LogP contribution in [0.3, 0.4) is 0 Å². The van der Waals surface area contributed by atoms with Gasteiger partial charge in [0.05, 0.1) is 11.4 Å². The van der Waals surface area contributed by atoms with Gasteiger partial charge in [0.15, 0.2) is 0 Å². The van der Waals surface area contributed by atoms with Crippen LogP contribution in [0.4, 0.5) is 13.2 Å². The van der Waals surface area contributed by atoms with E-state index in [1.54, 1.807) is 19.9 Å². The molecule has 0 radical (unpaired) electrons. The van der Waals surface area contributed by atoms with Gasteiger partial charge in [0.25, 0.3) is 5.22 Å². The molecular formula is C15H15F3N2O3S. The van der Waals surface area contributed by atoms with Crippen molar-refractivity contribution in [3.05, 3.63) is 41.3 Å². The quantitative estimate of drug-likeness (QED) is 0.798. The number of hydrogen-bond donors (Lipinski definition) is 1. The summed E-state index contributed by atoms with van der Waals surface area (Å²) < 4.78 is 46.3. The molecule has 0 bridgehead atoms. The fourth-order valence-electron chi connectivity index (χ4n) is 1.75. The lowest BCUT2D eigenvalue weighted by Gasteiger charge is -2.13. The van der Waals surface area contributed by atoms with Gasteiger partial charge in [-0.1, -0.05) is 30.0 Å². The summed E-state index contributed by atoms with van der Waals surface area (Å²) in [6.45, 7) is 3.49. The standard InChI is InChI=1S/C15H15F3N2O3S/c1-9-10(2)22-14(20-9)24-8-13(21)19-7-11-5-3-4-6-12(11)23-15(16,17)18/h3-6H,7-8H2,1-2H3,(H,19,21). The highest BCUT2D eigenvalue weighted by Crippen LogP contribution is 2.26. The molecular weight excluding hydrogens is 345 g/mol. The fourth-order valence-corrected chi connectivity index (χ4v) is 2.49. The van der Waals surface area contributed by atoms with Gasteiger partial charge >= 0.3 is 6.36 Å². The van der Waals surface area contributed by atoms with Crippen molar-refractivity contribution in [2.24, 2.45) is 0 Å². The number of aryl methyl sites for hydroxylation is 2. The van der Waals surface area contributed by atoms with E-state index in [0.717, 1.165) is 17.5 Å². The van der Waals surface area contributed by atoms with Crippen LogP contribution < -0.4 is 10.1 Å². The highest BCUT2D eigenvalue weighted by atomic mass is 32.2. The Bertz CT molecular complexity index is 697. The molecule has 2 rings (SSSR count). The first-order valence-corrected chi connectivity index (χ1v) is 7.90. The first-order valence-electron chi connectivity index (χ1n) is 6.92. The normalized spacial score (nSPS) is 11.4.